The Balaban J connectivity index is 1.85. The molecular weight excluding hydrogens is 308 g/mol. The van der Waals surface area contributed by atoms with E-state index >= 15 is 0 Å². The van der Waals surface area contributed by atoms with Crippen LogP contribution in [-0.4, -0.2) is 40.3 Å². The molecule has 0 aliphatic rings. The number of hydrogen-bond acceptors (Lipinski definition) is 10. The van der Waals surface area contributed by atoms with Crippen LogP contribution < -0.4 is 11.5 Å². The van der Waals surface area contributed by atoms with E-state index in [1.165, 1.54) is 22.7 Å². The van der Waals surface area contributed by atoms with Gasteiger partial charge in [-0.3, -0.25) is 0 Å². The molecule has 0 fully saturated rings. The molecule has 0 saturated heterocycles. The van der Waals surface area contributed by atoms with Gasteiger partial charge in [-0.05, 0) is 0 Å². The maximum atomic E-state index is 11.8. The molecule has 0 aliphatic carbocycles. The Morgan fingerprint density at radius 2 is 1.26 bits per heavy atom. The lowest BCUT2D eigenvalue weighted by molar-refractivity contribution is 0.594. The molecule has 8 nitrogen and oxygen atoms in total. The van der Waals surface area contributed by atoms with Crippen LogP contribution in [0.15, 0.2) is 0 Å². The number of sulfone groups is 1. The van der Waals surface area contributed by atoms with E-state index in [0.717, 1.165) is 0 Å². The van der Waals surface area contributed by atoms with Gasteiger partial charge in [-0.15, -0.1) is 20.4 Å². The van der Waals surface area contributed by atoms with Gasteiger partial charge in [0.15, 0.2) is 9.84 Å². The van der Waals surface area contributed by atoms with Crippen molar-refractivity contribution in [3.05, 3.63) is 10.0 Å². The number of rotatable bonds is 6. The van der Waals surface area contributed by atoms with E-state index in [0.29, 0.717) is 33.1 Å². The first-order valence-corrected chi connectivity index (χ1v) is 8.76. The third kappa shape index (κ3) is 4.36. The summed E-state index contributed by atoms with van der Waals surface area (Å²) in [5.41, 5.74) is 10.8. The Bertz CT molecular complexity index is 599. The lowest BCUT2D eigenvalue weighted by atomic mass is 10.5. The van der Waals surface area contributed by atoms with Gasteiger partial charge in [-0.25, -0.2) is 8.42 Å². The zero-order valence-corrected chi connectivity index (χ0v) is 12.3. The molecule has 11 heteroatoms. The minimum Gasteiger partial charge on any atom is -0.374 e. The molecule has 2 rings (SSSR count). The average molecular weight is 320 g/mol. The summed E-state index contributed by atoms with van der Waals surface area (Å²) in [6, 6.07) is 0. The van der Waals surface area contributed by atoms with Gasteiger partial charge in [-0.1, -0.05) is 22.7 Å². The maximum absolute atomic E-state index is 11.8. The fraction of sp³-hybridized carbons (Fsp3) is 0.500. The number of hydrogen-bond donors (Lipinski definition) is 2. The van der Waals surface area contributed by atoms with Crippen molar-refractivity contribution in [3.8, 4) is 0 Å². The molecule has 0 amide bonds. The summed E-state index contributed by atoms with van der Waals surface area (Å²) in [5, 5.41) is 16.8. The molecule has 2 aromatic heterocycles. The van der Waals surface area contributed by atoms with Gasteiger partial charge in [0.25, 0.3) is 0 Å². The number of aromatic nitrogens is 4. The smallest absolute Gasteiger partial charge is 0.203 e. The van der Waals surface area contributed by atoms with Crippen molar-refractivity contribution in [2.45, 2.75) is 12.8 Å². The highest BCUT2D eigenvalue weighted by Gasteiger charge is 2.14. The molecule has 0 radical (unpaired) electrons. The second-order valence-electron chi connectivity index (χ2n) is 3.72. The molecule has 0 spiro atoms. The van der Waals surface area contributed by atoms with Crippen molar-refractivity contribution < 1.29 is 8.42 Å². The van der Waals surface area contributed by atoms with E-state index in [9.17, 15) is 8.42 Å². The van der Waals surface area contributed by atoms with Crippen LogP contribution in [0.3, 0.4) is 0 Å². The van der Waals surface area contributed by atoms with Crippen LogP contribution in [-0.2, 0) is 22.7 Å². The molecule has 0 bridgehead atoms. The molecule has 0 aromatic carbocycles. The topological polar surface area (TPSA) is 138 Å². The molecular formula is C8H12N6O2S3. The summed E-state index contributed by atoms with van der Waals surface area (Å²) in [5.74, 6) is 0.0475. The van der Waals surface area contributed by atoms with Crippen LogP contribution >= 0.6 is 22.7 Å². The van der Waals surface area contributed by atoms with Crippen LogP contribution in [0.25, 0.3) is 0 Å². The Labute approximate surface area is 117 Å². The molecule has 0 aliphatic heterocycles. The van der Waals surface area contributed by atoms with Crippen LogP contribution in [0.4, 0.5) is 10.3 Å². The summed E-state index contributed by atoms with van der Waals surface area (Å²) in [7, 11) is -3.16. The van der Waals surface area contributed by atoms with Crippen molar-refractivity contribution in [2.75, 3.05) is 23.0 Å². The zero-order valence-electron chi connectivity index (χ0n) is 9.81. The second-order valence-corrected chi connectivity index (χ2v) is 8.21. The van der Waals surface area contributed by atoms with Crippen LogP contribution in [0, 0.1) is 0 Å². The highest BCUT2D eigenvalue weighted by Crippen LogP contribution is 2.14. The number of nitrogens with zero attached hydrogens (tertiary/aromatic N) is 4. The van der Waals surface area contributed by atoms with Gasteiger partial charge in [0.05, 0.1) is 11.5 Å². The summed E-state index contributed by atoms with van der Waals surface area (Å²) < 4.78 is 23.7. The van der Waals surface area contributed by atoms with E-state index in [4.69, 9.17) is 11.5 Å². The number of nitrogen functional groups attached to an aromatic ring is 2. The van der Waals surface area contributed by atoms with Gasteiger partial charge in [0, 0.05) is 12.8 Å². The standard InChI is InChI=1S/C8H12N6O2S3/c9-7-13-11-5(17-7)1-3-19(15,16)4-2-6-12-14-8(10)18-6/h1-4H2,(H2,9,13)(H2,10,14). The highest BCUT2D eigenvalue weighted by atomic mass is 32.2. The van der Waals surface area contributed by atoms with Gasteiger partial charge in [-0.2, -0.15) is 0 Å². The molecule has 0 unspecified atom stereocenters. The lowest BCUT2D eigenvalue weighted by Crippen LogP contribution is -2.14. The first-order chi connectivity index (χ1) is 8.94. The van der Waals surface area contributed by atoms with Crippen molar-refractivity contribution in [2.24, 2.45) is 0 Å². The van der Waals surface area contributed by atoms with Crippen LogP contribution in [0.2, 0.25) is 0 Å². The molecule has 2 heterocycles. The van der Waals surface area contributed by atoms with Crippen LogP contribution in [0.5, 0.6) is 0 Å². The minimum atomic E-state index is -3.16. The average Bonchev–Trinajstić information content (AvgIpc) is 2.93. The van der Waals surface area contributed by atoms with E-state index < -0.39 is 9.84 Å². The normalized spacial score (nSPS) is 11.8. The summed E-state index contributed by atoms with van der Waals surface area (Å²) in [6.45, 7) is 0. The molecule has 2 aromatic rings. The van der Waals surface area contributed by atoms with E-state index in [1.54, 1.807) is 0 Å². The van der Waals surface area contributed by atoms with Crippen LogP contribution in [0.1, 0.15) is 10.0 Å². The summed E-state index contributed by atoms with van der Waals surface area (Å²) in [6.07, 6.45) is 0.658. The predicted octanol–water partition coefficient (Wildman–Crippen LogP) is -0.246. The fourth-order valence-corrected chi connectivity index (χ4v) is 4.01. The van der Waals surface area contributed by atoms with Crippen molar-refractivity contribution >= 4 is 42.8 Å². The van der Waals surface area contributed by atoms with E-state index in [1.807, 2.05) is 0 Å². The van der Waals surface area contributed by atoms with E-state index in [2.05, 4.69) is 20.4 Å². The molecule has 104 valence electrons. The van der Waals surface area contributed by atoms with Gasteiger partial charge >= 0.3 is 0 Å². The SMILES string of the molecule is Nc1nnc(CCS(=O)(=O)CCc2nnc(N)s2)s1. The first-order valence-electron chi connectivity index (χ1n) is 5.31. The third-order valence-electron chi connectivity index (χ3n) is 2.22. The molecule has 0 saturated carbocycles. The summed E-state index contributed by atoms with van der Waals surface area (Å²) in [4.78, 5) is 0. The fourth-order valence-electron chi connectivity index (χ4n) is 1.32. The quantitative estimate of drug-likeness (QED) is 0.743. The second kappa shape index (κ2) is 5.75. The number of aryl methyl sites for hydroxylation is 2. The van der Waals surface area contributed by atoms with Crippen molar-refractivity contribution in [1.82, 2.24) is 20.4 Å². The monoisotopic (exact) mass is 320 g/mol. The van der Waals surface area contributed by atoms with E-state index in [-0.39, 0.29) is 11.5 Å². The summed E-state index contributed by atoms with van der Waals surface area (Å²) >= 11 is 2.40. The molecule has 19 heavy (non-hydrogen) atoms. The minimum absolute atomic E-state index is 0.0237. The van der Waals surface area contributed by atoms with Gasteiger partial charge in [0.2, 0.25) is 10.3 Å². The highest BCUT2D eigenvalue weighted by molar-refractivity contribution is 7.91. The lowest BCUT2D eigenvalue weighted by Gasteiger charge is -2.00. The number of nitrogens with two attached hydrogens (primary N) is 2. The number of anilines is 2. The Kier molecular flexibility index (Phi) is 4.27. The zero-order chi connectivity index (χ0) is 13.9. The largest absolute Gasteiger partial charge is 0.374 e. The maximum Gasteiger partial charge on any atom is 0.203 e. The molecule has 4 N–H and O–H groups in total. The Morgan fingerprint density at radius 3 is 1.58 bits per heavy atom. The predicted molar refractivity (Wildman–Crippen MR) is 74.7 cm³/mol. The Hall–Kier alpha value is -1.33. The van der Waals surface area contributed by atoms with Crippen molar-refractivity contribution in [3.63, 3.8) is 0 Å². The first kappa shape index (κ1) is 14.1. The molecule has 0 atom stereocenters. The van der Waals surface area contributed by atoms with Gasteiger partial charge < -0.3 is 11.5 Å². The van der Waals surface area contributed by atoms with Gasteiger partial charge in [0.1, 0.15) is 10.0 Å². The third-order valence-corrected chi connectivity index (χ3v) is 5.50. The Morgan fingerprint density at radius 1 is 0.842 bits per heavy atom. The van der Waals surface area contributed by atoms with Crippen molar-refractivity contribution in [1.29, 1.82) is 0 Å².